The lowest BCUT2D eigenvalue weighted by atomic mass is 10.1. The summed E-state index contributed by atoms with van der Waals surface area (Å²) in [7, 11) is 0. The van der Waals surface area contributed by atoms with E-state index in [0.717, 1.165) is 52.9 Å². The van der Waals surface area contributed by atoms with E-state index in [1.807, 2.05) is 43.7 Å². The van der Waals surface area contributed by atoms with Crippen LogP contribution in [0.3, 0.4) is 0 Å². The molecule has 168 valence electrons. The maximum atomic E-state index is 12.5. The molecule has 1 amide bonds. The van der Waals surface area contributed by atoms with E-state index < -0.39 is 0 Å². The predicted molar refractivity (Wildman–Crippen MR) is 128 cm³/mol. The molecule has 2 aromatic heterocycles. The second kappa shape index (κ2) is 9.69. The molecule has 1 N–H and O–H groups in total. The van der Waals surface area contributed by atoms with E-state index in [0.29, 0.717) is 17.9 Å². The number of halogens is 1. The summed E-state index contributed by atoms with van der Waals surface area (Å²) in [5.74, 6) is 1.67. The van der Waals surface area contributed by atoms with Crippen molar-refractivity contribution in [1.29, 1.82) is 0 Å². The Hall–Kier alpha value is -2.93. The van der Waals surface area contributed by atoms with Crippen LogP contribution in [0.4, 0.5) is 11.5 Å². The van der Waals surface area contributed by atoms with Gasteiger partial charge in [0.1, 0.15) is 12.1 Å². The first-order valence-corrected chi connectivity index (χ1v) is 11.5. The van der Waals surface area contributed by atoms with Crippen LogP contribution in [-0.2, 0) is 11.2 Å². The fraction of sp³-hybridized carbons (Fsp3) is 0.417. The van der Waals surface area contributed by atoms with Crippen molar-refractivity contribution in [3.8, 4) is 5.82 Å². The summed E-state index contributed by atoms with van der Waals surface area (Å²) in [5.41, 5.74) is 4.72. The number of carbonyl (C=O) groups is 1. The van der Waals surface area contributed by atoms with E-state index in [9.17, 15) is 4.79 Å². The lowest BCUT2D eigenvalue weighted by Gasteiger charge is -2.27. The molecule has 0 radical (unpaired) electrons. The van der Waals surface area contributed by atoms with Gasteiger partial charge < -0.3 is 10.2 Å². The number of hydrogen-bond acceptors (Lipinski definition) is 5. The molecular formula is C24H29ClN6O. The van der Waals surface area contributed by atoms with Gasteiger partial charge in [-0.25, -0.2) is 14.6 Å². The molecule has 0 spiro atoms. The molecule has 0 bridgehead atoms. The Morgan fingerprint density at radius 1 is 1.06 bits per heavy atom. The number of hydrogen-bond donors (Lipinski definition) is 1. The predicted octanol–water partition coefficient (Wildman–Crippen LogP) is 4.80. The Labute approximate surface area is 193 Å². The van der Waals surface area contributed by atoms with Crippen molar-refractivity contribution in [2.75, 3.05) is 23.3 Å². The summed E-state index contributed by atoms with van der Waals surface area (Å²) in [6.45, 7) is 7.99. The van der Waals surface area contributed by atoms with E-state index >= 15 is 0 Å². The first-order chi connectivity index (χ1) is 15.4. The lowest BCUT2D eigenvalue weighted by Crippen LogP contribution is -2.30. The van der Waals surface area contributed by atoms with E-state index in [1.165, 1.54) is 19.3 Å². The fourth-order valence-electron chi connectivity index (χ4n) is 4.23. The Morgan fingerprint density at radius 2 is 1.81 bits per heavy atom. The fourth-order valence-corrected chi connectivity index (χ4v) is 4.45. The molecule has 0 aliphatic carbocycles. The highest BCUT2D eigenvalue weighted by molar-refractivity contribution is 6.30. The van der Waals surface area contributed by atoms with Gasteiger partial charge in [0.25, 0.3) is 0 Å². The summed E-state index contributed by atoms with van der Waals surface area (Å²) in [4.78, 5) is 23.8. The minimum Gasteiger partial charge on any atom is -0.356 e. The third-order valence-corrected chi connectivity index (χ3v) is 6.28. The zero-order chi connectivity index (χ0) is 22.7. The van der Waals surface area contributed by atoms with Gasteiger partial charge in [0, 0.05) is 42.0 Å². The Kier molecular flexibility index (Phi) is 6.74. The van der Waals surface area contributed by atoms with Gasteiger partial charge in [-0.2, -0.15) is 5.10 Å². The molecule has 7 nitrogen and oxygen atoms in total. The second-order valence-electron chi connectivity index (χ2n) is 8.35. The van der Waals surface area contributed by atoms with Crippen LogP contribution in [0.5, 0.6) is 0 Å². The number of anilines is 2. The zero-order valence-electron chi connectivity index (χ0n) is 18.9. The molecule has 32 heavy (non-hydrogen) atoms. The zero-order valence-corrected chi connectivity index (χ0v) is 19.6. The van der Waals surface area contributed by atoms with Crippen LogP contribution in [-0.4, -0.2) is 38.7 Å². The number of aromatic nitrogens is 4. The second-order valence-corrected chi connectivity index (χ2v) is 8.79. The van der Waals surface area contributed by atoms with Crippen LogP contribution in [0.1, 0.15) is 48.2 Å². The number of piperidine rings is 1. The minimum absolute atomic E-state index is 0.0311. The minimum atomic E-state index is -0.0311. The van der Waals surface area contributed by atoms with Crippen molar-refractivity contribution >= 4 is 29.0 Å². The van der Waals surface area contributed by atoms with Crippen molar-refractivity contribution in [1.82, 2.24) is 19.7 Å². The Bertz CT molecular complexity index is 1120. The summed E-state index contributed by atoms with van der Waals surface area (Å²) in [6.07, 6.45) is 6.26. The van der Waals surface area contributed by atoms with Crippen LogP contribution in [0.15, 0.2) is 30.6 Å². The first-order valence-electron chi connectivity index (χ1n) is 11.1. The van der Waals surface area contributed by atoms with Gasteiger partial charge in [-0.05, 0) is 75.8 Å². The number of nitrogens with zero attached hydrogens (tertiary/aromatic N) is 5. The van der Waals surface area contributed by atoms with Gasteiger partial charge >= 0.3 is 0 Å². The summed E-state index contributed by atoms with van der Waals surface area (Å²) >= 11 is 6.00. The number of rotatable bonds is 6. The highest BCUT2D eigenvalue weighted by Crippen LogP contribution is 2.23. The standard InChI is InChI=1S/C24H29ClN6O/c1-16-13-19(25)7-9-21(16)28-24(32)10-8-20-17(2)29-31(18(20)3)23-14-22(26-15-27-23)30-11-5-4-6-12-30/h7,9,13-15H,4-6,8,10-12H2,1-3H3,(H,28,32). The summed E-state index contributed by atoms with van der Waals surface area (Å²) in [6, 6.07) is 7.46. The molecule has 4 rings (SSSR count). The van der Waals surface area contributed by atoms with Gasteiger partial charge in [-0.15, -0.1) is 0 Å². The summed E-state index contributed by atoms with van der Waals surface area (Å²) < 4.78 is 1.86. The van der Waals surface area contributed by atoms with E-state index in [1.54, 1.807) is 12.4 Å². The van der Waals surface area contributed by atoms with Crippen LogP contribution >= 0.6 is 11.6 Å². The van der Waals surface area contributed by atoms with Gasteiger partial charge in [0.2, 0.25) is 5.91 Å². The molecule has 1 aliphatic heterocycles. The van der Waals surface area contributed by atoms with Crippen molar-refractivity contribution in [2.24, 2.45) is 0 Å². The molecule has 0 unspecified atom stereocenters. The van der Waals surface area contributed by atoms with Gasteiger partial charge in [0.05, 0.1) is 5.69 Å². The van der Waals surface area contributed by atoms with Gasteiger partial charge in [-0.3, -0.25) is 4.79 Å². The molecule has 1 aromatic carbocycles. The maximum Gasteiger partial charge on any atom is 0.224 e. The number of nitrogens with one attached hydrogen (secondary N) is 1. The summed E-state index contributed by atoms with van der Waals surface area (Å²) in [5, 5.41) is 8.35. The third kappa shape index (κ3) is 4.93. The van der Waals surface area contributed by atoms with Crippen molar-refractivity contribution < 1.29 is 4.79 Å². The van der Waals surface area contributed by atoms with E-state index in [4.69, 9.17) is 16.7 Å². The smallest absolute Gasteiger partial charge is 0.224 e. The maximum absolute atomic E-state index is 12.5. The van der Waals surface area contributed by atoms with Crippen LogP contribution in [0.25, 0.3) is 5.82 Å². The van der Waals surface area contributed by atoms with Gasteiger partial charge in [-0.1, -0.05) is 11.6 Å². The highest BCUT2D eigenvalue weighted by Gasteiger charge is 2.18. The van der Waals surface area contributed by atoms with Crippen LogP contribution in [0.2, 0.25) is 5.02 Å². The van der Waals surface area contributed by atoms with Crippen molar-refractivity contribution in [3.63, 3.8) is 0 Å². The molecule has 1 fully saturated rings. The SMILES string of the molecule is Cc1cc(Cl)ccc1NC(=O)CCc1c(C)nn(-c2cc(N3CCCCC3)ncn2)c1C. The molecule has 3 aromatic rings. The largest absolute Gasteiger partial charge is 0.356 e. The van der Waals surface area contributed by atoms with Gasteiger partial charge in [0.15, 0.2) is 5.82 Å². The van der Waals surface area contributed by atoms with Crippen molar-refractivity contribution in [3.05, 3.63) is 58.1 Å². The molecule has 1 aliphatic rings. The molecule has 0 atom stereocenters. The van der Waals surface area contributed by atoms with Crippen LogP contribution < -0.4 is 10.2 Å². The topological polar surface area (TPSA) is 75.9 Å². The molecule has 1 saturated heterocycles. The molecule has 0 saturated carbocycles. The number of amides is 1. The quantitative estimate of drug-likeness (QED) is 0.581. The van der Waals surface area contributed by atoms with E-state index in [2.05, 4.69) is 20.2 Å². The normalized spacial score (nSPS) is 13.9. The number of aryl methyl sites for hydroxylation is 2. The highest BCUT2D eigenvalue weighted by atomic mass is 35.5. The average molecular weight is 453 g/mol. The third-order valence-electron chi connectivity index (χ3n) is 6.04. The molecule has 3 heterocycles. The Balaban J connectivity index is 1.47. The number of carbonyl (C=O) groups excluding carboxylic acids is 1. The molecular weight excluding hydrogens is 424 g/mol. The van der Waals surface area contributed by atoms with Crippen molar-refractivity contribution in [2.45, 2.75) is 52.9 Å². The Morgan fingerprint density at radius 3 is 2.56 bits per heavy atom. The lowest BCUT2D eigenvalue weighted by molar-refractivity contribution is -0.116. The first kappa shape index (κ1) is 22.3. The molecule has 8 heteroatoms. The van der Waals surface area contributed by atoms with Crippen LogP contribution in [0, 0.1) is 20.8 Å². The average Bonchev–Trinajstić information content (AvgIpc) is 3.08. The van der Waals surface area contributed by atoms with E-state index in [-0.39, 0.29) is 5.91 Å². The monoisotopic (exact) mass is 452 g/mol. The number of benzene rings is 1.